The summed E-state index contributed by atoms with van der Waals surface area (Å²) >= 11 is 0. The number of carbonyl (C=O) groups is 3. The molecule has 0 fully saturated rings. The molecular formula is C89H152O16P2. The fourth-order valence-corrected chi connectivity index (χ4v) is 12.8. The summed E-state index contributed by atoms with van der Waals surface area (Å²) in [5.41, 5.74) is 0. The molecule has 0 heterocycles. The Hall–Kier alpha value is -4.57. The minimum Gasteiger partial charge on any atom is -0.463 e. The first-order valence-corrected chi connectivity index (χ1v) is 45.1. The second-order valence-corrected chi connectivity index (χ2v) is 30.8. The molecule has 5 atom stereocenters. The summed E-state index contributed by atoms with van der Waals surface area (Å²) in [5.74, 6) is -1.60. The topological polar surface area (TPSA) is 231 Å². The summed E-state index contributed by atoms with van der Waals surface area (Å²) < 4.78 is 61.2. The van der Waals surface area contributed by atoms with Crippen molar-refractivity contribution in [1.82, 2.24) is 0 Å². The van der Waals surface area contributed by atoms with Gasteiger partial charge < -0.3 is 34.2 Å². The molecule has 0 spiro atoms. The largest absolute Gasteiger partial charge is 0.472 e. The molecule has 0 saturated carbocycles. The fraction of sp³-hybridized carbons (Fsp3) is 0.697. The van der Waals surface area contributed by atoms with E-state index in [9.17, 15) is 43.5 Å². The van der Waals surface area contributed by atoms with Gasteiger partial charge in [-0.3, -0.25) is 32.5 Å². The monoisotopic (exact) mass is 1540 g/mol. The zero-order valence-corrected chi connectivity index (χ0v) is 69.1. The molecule has 107 heavy (non-hydrogen) atoms. The van der Waals surface area contributed by atoms with E-state index < -0.39 is 91.5 Å². The number of aliphatic hydroxyl groups is 2. The van der Waals surface area contributed by atoms with Crippen LogP contribution >= 0.6 is 15.6 Å². The van der Waals surface area contributed by atoms with Crippen molar-refractivity contribution in [2.24, 2.45) is 0 Å². The number of rotatable bonds is 79. The maximum atomic E-state index is 13.0. The van der Waals surface area contributed by atoms with Gasteiger partial charge in [0.05, 0.1) is 26.4 Å². The molecule has 16 nitrogen and oxygen atoms in total. The van der Waals surface area contributed by atoms with Gasteiger partial charge in [0.25, 0.3) is 0 Å². The van der Waals surface area contributed by atoms with E-state index in [1.807, 2.05) is 0 Å². The van der Waals surface area contributed by atoms with Crippen LogP contribution in [0.25, 0.3) is 0 Å². The van der Waals surface area contributed by atoms with Crippen LogP contribution in [-0.2, 0) is 55.8 Å². The van der Waals surface area contributed by atoms with E-state index in [1.54, 1.807) is 0 Å². The van der Waals surface area contributed by atoms with Gasteiger partial charge in [-0.25, -0.2) is 9.13 Å². The molecule has 0 saturated heterocycles. The number of esters is 3. The number of hydrogen-bond donors (Lipinski definition) is 4. The predicted molar refractivity (Wildman–Crippen MR) is 445 cm³/mol. The zero-order chi connectivity index (χ0) is 78.0. The standard InChI is InChI=1S/C89H152O16P2/c1-4-7-10-13-16-19-22-25-28-30-32-34-36-38-39-40-41-42-43-45-47-48-50-52-55-57-60-63-66-69-72-75-87(92)99-78-84(90)79-101-106(95,96)102-80-85(91)81-103-107(97,98)104-83-86(105-89(94)77-74-71-68-65-62-59-54-27-24-21-18-15-12-9-6-3)82-100-88(93)76-73-70-67-64-61-58-56-53-51-49-46-44-37-35-33-31-29-26-23-20-17-14-11-8-5-2/h7-8,10-11,16-17,19-20,25-29,32-35,38-39,44,46,51,53-54,84-86,90-91H,4-6,9,12-15,18,21-24,30-31,36-37,40-43,45,47-50,52,55-83H2,1-3H3,(H,95,96)(H,97,98)/b10-7-,11-8-,19-16-,20-17-,28-25-,29-26-,34-32-,35-33-,39-38-,46-44-,53-51-,54-27-. The van der Waals surface area contributed by atoms with Crippen molar-refractivity contribution in [1.29, 1.82) is 0 Å². The van der Waals surface area contributed by atoms with Crippen LogP contribution in [0, 0.1) is 0 Å². The van der Waals surface area contributed by atoms with E-state index in [0.717, 1.165) is 167 Å². The second kappa shape index (κ2) is 80.9. The Morgan fingerprint density at radius 3 is 0.794 bits per heavy atom. The van der Waals surface area contributed by atoms with Gasteiger partial charge in [0.15, 0.2) is 6.10 Å². The highest BCUT2D eigenvalue weighted by molar-refractivity contribution is 7.47. The third kappa shape index (κ3) is 82.2. The molecule has 18 heteroatoms. The summed E-state index contributed by atoms with van der Waals surface area (Å²) in [4.78, 5) is 58.8. The molecule has 614 valence electrons. The van der Waals surface area contributed by atoms with E-state index in [1.165, 1.54) is 116 Å². The van der Waals surface area contributed by atoms with Crippen molar-refractivity contribution in [2.45, 2.75) is 360 Å². The van der Waals surface area contributed by atoms with E-state index >= 15 is 0 Å². The smallest absolute Gasteiger partial charge is 0.463 e. The van der Waals surface area contributed by atoms with Gasteiger partial charge in [0.1, 0.15) is 25.4 Å². The normalized spacial score (nSPS) is 14.6. The van der Waals surface area contributed by atoms with Gasteiger partial charge in [0, 0.05) is 19.3 Å². The lowest BCUT2D eigenvalue weighted by molar-refractivity contribution is -0.161. The highest BCUT2D eigenvalue weighted by Gasteiger charge is 2.29. The number of carbonyl (C=O) groups excluding carboxylic acids is 3. The van der Waals surface area contributed by atoms with Gasteiger partial charge >= 0.3 is 33.6 Å². The first-order valence-electron chi connectivity index (χ1n) is 42.1. The molecule has 5 unspecified atom stereocenters. The maximum absolute atomic E-state index is 13.0. The number of hydrogen-bond acceptors (Lipinski definition) is 14. The highest BCUT2D eigenvalue weighted by atomic mass is 31.2. The van der Waals surface area contributed by atoms with Gasteiger partial charge in [-0.1, -0.05) is 327 Å². The van der Waals surface area contributed by atoms with E-state index in [4.69, 9.17) is 32.3 Å². The first kappa shape index (κ1) is 102. The molecule has 0 aromatic rings. The Balaban J connectivity index is 4.52. The lowest BCUT2D eigenvalue weighted by Crippen LogP contribution is -2.30. The third-order valence-electron chi connectivity index (χ3n) is 17.5. The molecule has 0 rings (SSSR count). The highest BCUT2D eigenvalue weighted by Crippen LogP contribution is 2.45. The quantitative estimate of drug-likeness (QED) is 0.0146. The molecule has 0 amide bonds. The summed E-state index contributed by atoms with van der Waals surface area (Å²) in [6.07, 6.45) is 100. The van der Waals surface area contributed by atoms with E-state index in [-0.39, 0.29) is 19.3 Å². The van der Waals surface area contributed by atoms with Crippen LogP contribution in [0.4, 0.5) is 0 Å². The molecule has 0 aliphatic rings. The van der Waals surface area contributed by atoms with Crippen LogP contribution in [0.5, 0.6) is 0 Å². The van der Waals surface area contributed by atoms with Crippen molar-refractivity contribution in [3.05, 3.63) is 146 Å². The lowest BCUT2D eigenvalue weighted by Gasteiger charge is -2.21. The summed E-state index contributed by atoms with van der Waals surface area (Å²) in [7, 11) is -9.80. The molecule has 0 aliphatic carbocycles. The van der Waals surface area contributed by atoms with Crippen molar-refractivity contribution in [2.75, 3.05) is 39.6 Å². The summed E-state index contributed by atoms with van der Waals surface area (Å²) in [5, 5.41) is 20.7. The van der Waals surface area contributed by atoms with Crippen LogP contribution in [0.1, 0.15) is 342 Å². The Labute approximate surface area is 651 Å². The van der Waals surface area contributed by atoms with Gasteiger partial charge in [-0.05, 0) is 141 Å². The van der Waals surface area contributed by atoms with Gasteiger partial charge in [-0.2, -0.15) is 0 Å². The Bertz CT molecular complexity index is 2530. The molecular weight excluding hydrogens is 1390 g/mol. The van der Waals surface area contributed by atoms with Crippen LogP contribution in [0.2, 0.25) is 0 Å². The number of allylic oxidation sites excluding steroid dienone is 24. The van der Waals surface area contributed by atoms with E-state index in [0.29, 0.717) is 19.3 Å². The van der Waals surface area contributed by atoms with Crippen molar-refractivity contribution in [3.63, 3.8) is 0 Å². The molecule has 4 N–H and O–H groups in total. The first-order chi connectivity index (χ1) is 52.2. The predicted octanol–water partition coefficient (Wildman–Crippen LogP) is 25.2. The fourth-order valence-electron chi connectivity index (χ4n) is 11.2. The average molecular weight is 1540 g/mol. The van der Waals surface area contributed by atoms with Crippen molar-refractivity contribution in [3.8, 4) is 0 Å². The van der Waals surface area contributed by atoms with Crippen molar-refractivity contribution < 1.29 is 75.8 Å². The second-order valence-electron chi connectivity index (χ2n) is 27.9. The Morgan fingerprint density at radius 2 is 0.495 bits per heavy atom. The van der Waals surface area contributed by atoms with Crippen molar-refractivity contribution >= 4 is 33.6 Å². The Kier molecular flexibility index (Phi) is 77.5. The van der Waals surface area contributed by atoms with Crippen LogP contribution in [-0.4, -0.2) is 95.9 Å². The molecule has 0 aliphatic heterocycles. The van der Waals surface area contributed by atoms with Crippen LogP contribution in [0.3, 0.4) is 0 Å². The Morgan fingerprint density at radius 1 is 0.271 bits per heavy atom. The zero-order valence-electron chi connectivity index (χ0n) is 67.3. The summed E-state index contributed by atoms with van der Waals surface area (Å²) in [6.45, 7) is 2.45. The SMILES string of the molecule is CC/C=C\C/C=C\C/C=C\C/C=C\C/C=C\C/C=C\CCCCCCCCC(=O)OCC(COP(=O)(O)OCC(O)COP(=O)(O)OCC(O)COC(=O)CCCCCCCCCCCCCCCCC/C=C\C/C=C\C/C=C\C/C=C\C/C=C\CC)OC(=O)CCCCCCC/C=C\CCCCCCCC. The van der Waals surface area contributed by atoms with Crippen LogP contribution < -0.4 is 0 Å². The molecule has 0 radical (unpaired) electrons. The lowest BCUT2D eigenvalue weighted by atomic mass is 10.0. The number of phosphoric ester groups is 2. The van der Waals surface area contributed by atoms with Gasteiger partial charge in [-0.15, -0.1) is 0 Å². The third-order valence-corrected chi connectivity index (χ3v) is 19.4. The average Bonchev–Trinajstić information content (AvgIpc) is 0.904. The number of phosphoric acid groups is 2. The number of aliphatic hydroxyl groups excluding tert-OH is 2. The number of ether oxygens (including phenoxy) is 3. The number of unbranched alkanes of at least 4 members (excludes halogenated alkanes) is 32. The van der Waals surface area contributed by atoms with Crippen LogP contribution in [0.15, 0.2) is 146 Å². The molecule has 0 aromatic heterocycles. The minimum atomic E-state index is -4.94. The van der Waals surface area contributed by atoms with Gasteiger partial charge in [0.2, 0.25) is 0 Å². The maximum Gasteiger partial charge on any atom is 0.472 e. The molecule has 0 bridgehead atoms. The molecule has 0 aromatic carbocycles. The minimum absolute atomic E-state index is 0.0887. The summed E-state index contributed by atoms with van der Waals surface area (Å²) in [6, 6.07) is 0. The van der Waals surface area contributed by atoms with E-state index in [2.05, 4.69) is 167 Å².